The molecule has 0 unspecified atom stereocenters. The number of hydrogen-bond acceptors (Lipinski definition) is 2. The predicted octanol–water partition coefficient (Wildman–Crippen LogP) is 3.46. The van der Waals surface area contributed by atoms with E-state index in [2.05, 4.69) is 6.92 Å². The standard InChI is InChI=1S/C14H21ClN2O/c1-3-4-5-6-14(18)17(2)10-11-9-12(16)7-8-13(11)15/h7-9H,3-6,10,16H2,1-2H3. The molecule has 4 heteroatoms. The van der Waals surface area contributed by atoms with Crippen LogP contribution in [0.2, 0.25) is 5.02 Å². The maximum absolute atomic E-state index is 11.9. The van der Waals surface area contributed by atoms with Gasteiger partial charge in [-0.1, -0.05) is 31.4 Å². The van der Waals surface area contributed by atoms with E-state index >= 15 is 0 Å². The van der Waals surface area contributed by atoms with Crippen LogP contribution in [0.1, 0.15) is 38.2 Å². The van der Waals surface area contributed by atoms with Crippen molar-refractivity contribution in [2.45, 2.75) is 39.2 Å². The van der Waals surface area contributed by atoms with Crippen LogP contribution in [-0.2, 0) is 11.3 Å². The molecule has 3 nitrogen and oxygen atoms in total. The van der Waals surface area contributed by atoms with Gasteiger partial charge >= 0.3 is 0 Å². The SMILES string of the molecule is CCCCCC(=O)N(C)Cc1cc(N)ccc1Cl. The number of amides is 1. The van der Waals surface area contributed by atoms with Gasteiger partial charge in [0.25, 0.3) is 0 Å². The monoisotopic (exact) mass is 268 g/mol. The van der Waals surface area contributed by atoms with E-state index in [1.165, 1.54) is 0 Å². The van der Waals surface area contributed by atoms with Crippen LogP contribution in [-0.4, -0.2) is 17.9 Å². The molecule has 0 aliphatic carbocycles. The maximum Gasteiger partial charge on any atom is 0.222 e. The summed E-state index contributed by atoms with van der Waals surface area (Å²) < 4.78 is 0. The molecule has 0 radical (unpaired) electrons. The third-order valence-electron chi connectivity index (χ3n) is 2.90. The first-order chi connectivity index (χ1) is 8.54. The summed E-state index contributed by atoms with van der Waals surface area (Å²) in [5, 5.41) is 0.650. The van der Waals surface area contributed by atoms with Gasteiger partial charge in [0.15, 0.2) is 0 Å². The van der Waals surface area contributed by atoms with E-state index in [4.69, 9.17) is 17.3 Å². The van der Waals surface area contributed by atoms with Crippen LogP contribution in [0.5, 0.6) is 0 Å². The Morgan fingerprint density at radius 2 is 2.11 bits per heavy atom. The van der Waals surface area contributed by atoms with Gasteiger partial charge in [-0.15, -0.1) is 0 Å². The van der Waals surface area contributed by atoms with E-state index in [0.29, 0.717) is 23.7 Å². The van der Waals surface area contributed by atoms with Crippen LogP contribution in [0.15, 0.2) is 18.2 Å². The first-order valence-corrected chi connectivity index (χ1v) is 6.70. The molecular weight excluding hydrogens is 248 g/mol. The number of halogens is 1. The highest BCUT2D eigenvalue weighted by Crippen LogP contribution is 2.20. The molecule has 0 heterocycles. The summed E-state index contributed by atoms with van der Waals surface area (Å²) in [6.45, 7) is 2.63. The summed E-state index contributed by atoms with van der Waals surface area (Å²) in [4.78, 5) is 13.6. The van der Waals surface area contributed by atoms with Crippen molar-refractivity contribution in [3.05, 3.63) is 28.8 Å². The summed E-state index contributed by atoms with van der Waals surface area (Å²) in [7, 11) is 1.80. The molecule has 0 fully saturated rings. The quantitative estimate of drug-likeness (QED) is 0.634. The molecule has 0 spiro atoms. The largest absolute Gasteiger partial charge is 0.399 e. The van der Waals surface area contributed by atoms with E-state index in [9.17, 15) is 4.79 Å². The Labute approximate surface area is 114 Å². The van der Waals surface area contributed by atoms with Crippen molar-refractivity contribution in [1.82, 2.24) is 4.90 Å². The number of unbranched alkanes of at least 4 members (excludes halogenated alkanes) is 2. The Morgan fingerprint density at radius 1 is 1.39 bits per heavy atom. The van der Waals surface area contributed by atoms with Crippen LogP contribution in [0.3, 0.4) is 0 Å². The van der Waals surface area contributed by atoms with Gasteiger partial charge < -0.3 is 10.6 Å². The molecule has 0 aliphatic rings. The molecule has 0 saturated carbocycles. The van der Waals surface area contributed by atoms with Crippen molar-refractivity contribution in [1.29, 1.82) is 0 Å². The highest BCUT2D eigenvalue weighted by molar-refractivity contribution is 6.31. The number of anilines is 1. The van der Waals surface area contributed by atoms with Crippen LogP contribution in [0, 0.1) is 0 Å². The second-order valence-electron chi connectivity index (χ2n) is 4.56. The molecule has 1 aromatic carbocycles. The van der Waals surface area contributed by atoms with Gasteiger partial charge in [0.05, 0.1) is 0 Å². The third-order valence-corrected chi connectivity index (χ3v) is 3.27. The van der Waals surface area contributed by atoms with Crippen molar-refractivity contribution >= 4 is 23.2 Å². The first-order valence-electron chi connectivity index (χ1n) is 6.32. The number of carbonyl (C=O) groups excluding carboxylic acids is 1. The third kappa shape index (κ3) is 4.57. The minimum atomic E-state index is 0.155. The maximum atomic E-state index is 11.9. The first kappa shape index (κ1) is 14.8. The molecule has 1 amide bonds. The Balaban J connectivity index is 2.55. The zero-order chi connectivity index (χ0) is 13.5. The molecule has 0 saturated heterocycles. The van der Waals surface area contributed by atoms with E-state index in [1.807, 2.05) is 6.07 Å². The summed E-state index contributed by atoms with van der Waals surface area (Å²) in [6.07, 6.45) is 3.77. The Kier molecular flexibility index (Phi) is 5.99. The molecular formula is C14H21ClN2O. The second kappa shape index (κ2) is 7.27. The average Bonchev–Trinajstić information content (AvgIpc) is 2.34. The summed E-state index contributed by atoms with van der Waals surface area (Å²) >= 11 is 6.08. The summed E-state index contributed by atoms with van der Waals surface area (Å²) in [5.74, 6) is 0.155. The van der Waals surface area contributed by atoms with Crippen LogP contribution < -0.4 is 5.73 Å². The number of hydrogen-bond donors (Lipinski definition) is 1. The Morgan fingerprint density at radius 3 is 2.78 bits per heavy atom. The molecule has 18 heavy (non-hydrogen) atoms. The molecule has 1 rings (SSSR count). The highest BCUT2D eigenvalue weighted by atomic mass is 35.5. The normalized spacial score (nSPS) is 10.4. The molecule has 1 aromatic rings. The lowest BCUT2D eigenvalue weighted by Gasteiger charge is -2.18. The lowest BCUT2D eigenvalue weighted by atomic mass is 10.1. The Hall–Kier alpha value is -1.22. The van der Waals surface area contributed by atoms with Gasteiger partial charge in [0.2, 0.25) is 5.91 Å². The molecule has 2 N–H and O–H groups in total. The zero-order valence-corrected chi connectivity index (χ0v) is 11.8. The summed E-state index contributed by atoms with van der Waals surface area (Å²) in [6, 6.07) is 5.34. The van der Waals surface area contributed by atoms with E-state index in [1.54, 1.807) is 24.1 Å². The Bertz CT molecular complexity index is 407. The number of benzene rings is 1. The smallest absolute Gasteiger partial charge is 0.222 e. The molecule has 0 aromatic heterocycles. The fourth-order valence-electron chi connectivity index (χ4n) is 1.78. The second-order valence-corrected chi connectivity index (χ2v) is 4.96. The van der Waals surface area contributed by atoms with Crippen molar-refractivity contribution in [2.75, 3.05) is 12.8 Å². The van der Waals surface area contributed by atoms with Gasteiger partial charge in [-0.05, 0) is 30.2 Å². The van der Waals surface area contributed by atoms with Gasteiger partial charge in [-0.3, -0.25) is 4.79 Å². The van der Waals surface area contributed by atoms with Crippen LogP contribution in [0.25, 0.3) is 0 Å². The minimum Gasteiger partial charge on any atom is -0.399 e. The zero-order valence-electron chi connectivity index (χ0n) is 11.1. The van der Waals surface area contributed by atoms with Crippen molar-refractivity contribution in [2.24, 2.45) is 0 Å². The summed E-state index contributed by atoms with van der Waals surface area (Å²) in [5.41, 5.74) is 7.27. The molecule has 0 bridgehead atoms. The molecule has 0 aliphatic heterocycles. The lowest BCUT2D eigenvalue weighted by Crippen LogP contribution is -2.26. The number of carbonyl (C=O) groups is 1. The lowest BCUT2D eigenvalue weighted by molar-refractivity contribution is -0.130. The van der Waals surface area contributed by atoms with Crippen molar-refractivity contribution in [3.8, 4) is 0 Å². The topological polar surface area (TPSA) is 46.3 Å². The van der Waals surface area contributed by atoms with Gasteiger partial charge in [0, 0.05) is 30.7 Å². The van der Waals surface area contributed by atoms with Crippen LogP contribution in [0.4, 0.5) is 5.69 Å². The van der Waals surface area contributed by atoms with Crippen molar-refractivity contribution in [3.63, 3.8) is 0 Å². The van der Waals surface area contributed by atoms with E-state index < -0.39 is 0 Å². The highest BCUT2D eigenvalue weighted by Gasteiger charge is 2.10. The minimum absolute atomic E-state index is 0.155. The molecule has 100 valence electrons. The molecule has 0 atom stereocenters. The van der Waals surface area contributed by atoms with Gasteiger partial charge in [0.1, 0.15) is 0 Å². The number of rotatable bonds is 6. The van der Waals surface area contributed by atoms with Crippen molar-refractivity contribution < 1.29 is 4.79 Å². The van der Waals surface area contributed by atoms with E-state index in [-0.39, 0.29) is 5.91 Å². The predicted molar refractivity (Wildman–Crippen MR) is 76.5 cm³/mol. The van der Waals surface area contributed by atoms with E-state index in [0.717, 1.165) is 24.8 Å². The number of nitrogens with zero attached hydrogens (tertiary/aromatic N) is 1. The number of nitrogens with two attached hydrogens (primary N) is 1. The number of nitrogen functional groups attached to an aromatic ring is 1. The fraction of sp³-hybridized carbons (Fsp3) is 0.500. The van der Waals surface area contributed by atoms with Gasteiger partial charge in [-0.2, -0.15) is 0 Å². The fourth-order valence-corrected chi connectivity index (χ4v) is 1.95. The average molecular weight is 269 g/mol. The van der Waals surface area contributed by atoms with Gasteiger partial charge in [-0.25, -0.2) is 0 Å². The van der Waals surface area contributed by atoms with Crippen LogP contribution >= 0.6 is 11.6 Å².